The molecule has 21 heavy (non-hydrogen) atoms. The maximum absolute atomic E-state index is 12.1. The van der Waals surface area contributed by atoms with Gasteiger partial charge in [0.05, 0.1) is 12.6 Å². The van der Waals surface area contributed by atoms with Gasteiger partial charge in [-0.15, -0.1) is 0 Å². The van der Waals surface area contributed by atoms with E-state index in [1.165, 1.54) is 0 Å². The molecule has 118 valence electrons. The molecule has 2 atom stereocenters. The average molecular weight is 291 g/mol. The van der Waals surface area contributed by atoms with Gasteiger partial charge in [0.2, 0.25) is 5.91 Å². The Bertz CT molecular complexity index is 423. The van der Waals surface area contributed by atoms with Crippen molar-refractivity contribution in [3.05, 3.63) is 35.9 Å². The van der Waals surface area contributed by atoms with Crippen molar-refractivity contribution < 1.29 is 9.90 Å². The van der Waals surface area contributed by atoms with Gasteiger partial charge in [0.1, 0.15) is 0 Å². The van der Waals surface area contributed by atoms with Crippen molar-refractivity contribution in [2.75, 3.05) is 6.61 Å². The Morgan fingerprint density at radius 1 is 1.24 bits per heavy atom. The van der Waals surface area contributed by atoms with E-state index in [0.717, 1.165) is 12.0 Å². The molecule has 0 radical (unpaired) electrons. The lowest BCUT2D eigenvalue weighted by molar-refractivity contribution is -0.123. The van der Waals surface area contributed by atoms with Gasteiger partial charge >= 0.3 is 0 Å². The standard InChI is InChI=1S/C18H29NO2/c1-14(12-18(2,3)4)10-17(21)19-16(13-20)11-15-8-6-5-7-9-15/h5-9,14,16,20H,10-13H2,1-4H3,(H,19,21)/t14?,16-/m0/s1. The van der Waals surface area contributed by atoms with Crippen molar-refractivity contribution in [2.45, 2.75) is 53.0 Å². The molecule has 1 aromatic carbocycles. The fraction of sp³-hybridized carbons (Fsp3) is 0.611. The lowest BCUT2D eigenvalue weighted by Gasteiger charge is -2.24. The zero-order valence-corrected chi connectivity index (χ0v) is 13.7. The molecule has 0 aliphatic heterocycles. The van der Waals surface area contributed by atoms with Crippen molar-refractivity contribution in [1.29, 1.82) is 0 Å². The number of nitrogens with one attached hydrogen (secondary N) is 1. The summed E-state index contributed by atoms with van der Waals surface area (Å²) in [6.45, 7) is 8.64. The fourth-order valence-corrected chi connectivity index (χ4v) is 2.78. The van der Waals surface area contributed by atoms with Crippen molar-refractivity contribution in [3.8, 4) is 0 Å². The van der Waals surface area contributed by atoms with Gasteiger partial charge in [-0.25, -0.2) is 0 Å². The van der Waals surface area contributed by atoms with Gasteiger partial charge in [0.15, 0.2) is 0 Å². The van der Waals surface area contributed by atoms with Crippen molar-refractivity contribution >= 4 is 5.91 Å². The van der Waals surface area contributed by atoms with Crippen LogP contribution in [0.1, 0.15) is 46.1 Å². The second kappa shape index (κ2) is 8.18. The Hall–Kier alpha value is -1.35. The number of amides is 1. The number of carbonyl (C=O) groups excluding carboxylic acids is 1. The summed E-state index contributed by atoms with van der Waals surface area (Å²) in [5.41, 5.74) is 1.36. The predicted molar refractivity (Wildman–Crippen MR) is 87.0 cm³/mol. The molecule has 0 aliphatic rings. The van der Waals surface area contributed by atoms with E-state index in [4.69, 9.17) is 0 Å². The first-order valence-corrected chi connectivity index (χ1v) is 7.74. The van der Waals surface area contributed by atoms with Gasteiger partial charge in [-0.05, 0) is 29.7 Å². The third-order valence-corrected chi connectivity index (χ3v) is 3.41. The summed E-state index contributed by atoms with van der Waals surface area (Å²) in [5.74, 6) is 0.378. The topological polar surface area (TPSA) is 49.3 Å². The summed E-state index contributed by atoms with van der Waals surface area (Å²) < 4.78 is 0. The maximum atomic E-state index is 12.1. The van der Waals surface area contributed by atoms with E-state index >= 15 is 0 Å². The highest BCUT2D eigenvalue weighted by atomic mass is 16.3. The summed E-state index contributed by atoms with van der Waals surface area (Å²) in [6, 6.07) is 9.72. The van der Waals surface area contributed by atoms with Gasteiger partial charge in [0.25, 0.3) is 0 Å². The van der Waals surface area contributed by atoms with Crippen LogP contribution >= 0.6 is 0 Å². The van der Waals surface area contributed by atoms with Gasteiger partial charge < -0.3 is 10.4 Å². The summed E-state index contributed by atoms with van der Waals surface area (Å²) in [4.78, 5) is 12.1. The maximum Gasteiger partial charge on any atom is 0.220 e. The molecule has 0 saturated carbocycles. The van der Waals surface area contributed by atoms with Crippen LogP contribution < -0.4 is 5.32 Å². The van der Waals surface area contributed by atoms with Gasteiger partial charge in [0, 0.05) is 6.42 Å². The quantitative estimate of drug-likeness (QED) is 0.810. The molecule has 1 unspecified atom stereocenters. The monoisotopic (exact) mass is 291 g/mol. The fourth-order valence-electron chi connectivity index (χ4n) is 2.78. The molecule has 3 nitrogen and oxygen atoms in total. The first kappa shape index (κ1) is 17.7. The van der Waals surface area contributed by atoms with Crippen LogP contribution in [0.25, 0.3) is 0 Å². The second-order valence-corrected chi connectivity index (χ2v) is 7.21. The number of rotatable bonds is 7. The number of carbonyl (C=O) groups is 1. The number of aliphatic hydroxyl groups excluding tert-OH is 1. The molecule has 0 fully saturated rings. The molecular weight excluding hydrogens is 262 g/mol. The van der Waals surface area contributed by atoms with Gasteiger partial charge in [-0.1, -0.05) is 58.0 Å². The van der Waals surface area contributed by atoms with E-state index in [1.54, 1.807) is 0 Å². The highest BCUT2D eigenvalue weighted by Crippen LogP contribution is 2.25. The van der Waals surface area contributed by atoms with E-state index in [2.05, 4.69) is 33.0 Å². The van der Waals surface area contributed by atoms with Crippen LogP contribution in [0.3, 0.4) is 0 Å². The van der Waals surface area contributed by atoms with Crippen LogP contribution in [-0.4, -0.2) is 23.7 Å². The number of hydrogen-bond acceptors (Lipinski definition) is 2. The van der Waals surface area contributed by atoms with E-state index in [-0.39, 0.29) is 24.0 Å². The summed E-state index contributed by atoms with van der Waals surface area (Å²) in [7, 11) is 0. The van der Waals surface area contributed by atoms with Crippen LogP contribution in [0.4, 0.5) is 0 Å². The second-order valence-electron chi connectivity index (χ2n) is 7.21. The first-order valence-electron chi connectivity index (χ1n) is 7.74. The van der Waals surface area contributed by atoms with Crippen LogP contribution in [0.2, 0.25) is 0 Å². The third kappa shape index (κ3) is 7.86. The van der Waals surface area contributed by atoms with Crippen molar-refractivity contribution in [3.63, 3.8) is 0 Å². The molecule has 0 aliphatic carbocycles. The summed E-state index contributed by atoms with van der Waals surface area (Å²) in [5, 5.41) is 12.4. The molecule has 0 bridgehead atoms. The smallest absolute Gasteiger partial charge is 0.220 e. The SMILES string of the molecule is CC(CC(=O)N[C@H](CO)Cc1ccccc1)CC(C)(C)C. The van der Waals surface area contributed by atoms with Crippen molar-refractivity contribution in [1.82, 2.24) is 5.32 Å². The van der Waals surface area contributed by atoms with E-state index in [9.17, 15) is 9.90 Å². The lowest BCUT2D eigenvalue weighted by atomic mass is 9.84. The number of aliphatic hydroxyl groups is 1. The molecule has 2 N–H and O–H groups in total. The van der Waals surface area contributed by atoms with E-state index in [1.807, 2.05) is 30.3 Å². The molecule has 1 rings (SSSR count). The average Bonchev–Trinajstić information content (AvgIpc) is 2.36. The van der Waals surface area contributed by atoms with Gasteiger partial charge in [-0.3, -0.25) is 4.79 Å². The minimum atomic E-state index is -0.207. The van der Waals surface area contributed by atoms with Gasteiger partial charge in [-0.2, -0.15) is 0 Å². The summed E-state index contributed by atoms with van der Waals surface area (Å²) in [6.07, 6.45) is 2.20. The lowest BCUT2D eigenvalue weighted by Crippen LogP contribution is -2.39. The molecular formula is C18H29NO2. The molecule has 0 saturated heterocycles. The zero-order chi connectivity index (χ0) is 15.9. The highest BCUT2D eigenvalue weighted by Gasteiger charge is 2.19. The Morgan fingerprint density at radius 2 is 1.86 bits per heavy atom. The normalized spacial score (nSPS) is 14.5. The van der Waals surface area contributed by atoms with Crippen molar-refractivity contribution in [2.24, 2.45) is 11.3 Å². The first-order chi connectivity index (χ1) is 9.80. The zero-order valence-electron chi connectivity index (χ0n) is 13.7. The molecule has 1 amide bonds. The Morgan fingerprint density at radius 3 is 2.38 bits per heavy atom. The van der Waals surface area contributed by atoms with E-state index in [0.29, 0.717) is 18.8 Å². The largest absolute Gasteiger partial charge is 0.394 e. The Labute approximate surface area is 128 Å². The number of benzene rings is 1. The van der Waals surface area contributed by atoms with Crippen LogP contribution in [-0.2, 0) is 11.2 Å². The molecule has 3 heteroatoms. The predicted octanol–water partition coefficient (Wildman–Crippen LogP) is 3.17. The Kier molecular flexibility index (Phi) is 6.90. The highest BCUT2D eigenvalue weighted by molar-refractivity contribution is 5.76. The molecule has 0 heterocycles. The molecule has 0 spiro atoms. The number of hydrogen-bond donors (Lipinski definition) is 2. The minimum absolute atomic E-state index is 0.0294. The van der Waals surface area contributed by atoms with Crippen LogP contribution in [0, 0.1) is 11.3 Å². The Balaban J connectivity index is 2.44. The third-order valence-electron chi connectivity index (χ3n) is 3.41. The molecule has 0 aromatic heterocycles. The summed E-state index contributed by atoms with van der Waals surface area (Å²) >= 11 is 0. The van der Waals surface area contributed by atoms with E-state index < -0.39 is 0 Å². The molecule has 1 aromatic rings. The minimum Gasteiger partial charge on any atom is -0.394 e. The van der Waals surface area contributed by atoms with Crippen LogP contribution in [0.15, 0.2) is 30.3 Å². The van der Waals surface area contributed by atoms with Crippen LogP contribution in [0.5, 0.6) is 0 Å².